The molecule has 0 radical (unpaired) electrons. The van der Waals surface area contributed by atoms with Crippen LogP contribution < -0.4 is 5.32 Å². The summed E-state index contributed by atoms with van der Waals surface area (Å²) in [5.41, 5.74) is 2.02. The van der Waals surface area contributed by atoms with E-state index in [1.54, 1.807) is 6.07 Å². The van der Waals surface area contributed by atoms with Gasteiger partial charge >= 0.3 is 0 Å². The Balaban J connectivity index is 1.92. The average molecular weight is 412 g/mol. The second-order valence-electron chi connectivity index (χ2n) is 7.82. The first-order valence-corrected chi connectivity index (χ1v) is 11.6. The Morgan fingerprint density at radius 3 is 2.33 bits per heavy atom. The monoisotopic (exact) mass is 411 g/mol. The Morgan fingerprint density at radius 1 is 0.933 bits per heavy atom. The SMILES string of the molecule is CC/C=C\C/C=C\C/C=C\CCCCCCCC(=O)NCCc1ccc(O)c(C)c1. The number of unbranched alkanes of at least 4 members (excludes halogenated alkanes) is 5. The molecule has 30 heavy (non-hydrogen) atoms. The minimum atomic E-state index is 0.145. The molecule has 0 fully saturated rings. The molecule has 2 N–H and O–H groups in total. The van der Waals surface area contributed by atoms with E-state index >= 15 is 0 Å². The third-order valence-corrected chi connectivity index (χ3v) is 5.05. The number of aryl methyl sites for hydroxylation is 1. The minimum Gasteiger partial charge on any atom is -0.508 e. The van der Waals surface area contributed by atoms with Crippen LogP contribution in [-0.4, -0.2) is 17.6 Å². The zero-order valence-electron chi connectivity index (χ0n) is 19.0. The smallest absolute Gasteiger partial charge is 0.220 e. The van der Waals surface area contributed by atoms with E-state index in [4.69, 9.17) is 0 Å². The highest BCUT2D eigenvalue weighted by Gasteiger charge is 2.02. The van der Waals surface area contributed by atoms with Gasteiger partial charge in [-0.25, -0.2) is 0 Å². The van der Waals surface area contributed by atoms with Crippen molar-refractivity contribution >= 4 is 5.91 Å². The summed E-state index contributed by atoms with van der Waals surface area (Å²) in [6.45, 7) is 4.70. The Bertz CT molecular complexity index is 673. The summed E-state index contributed by atoms with van der Waals surface area (Å²) in [5.74, 6) is 0.466. The summed E-state index contributed by atoms with van der Waals surface area (Å²) >= 11 is 0. The summed E-state index contributed by atoms with van der Waals surface area (Å²) in [4.78, 5) is 11.9. The van der Waals surface area contributed by atoms with Crippen molar-refractivity contribution in [3.8, 4) is 5.75 Å². The minimum absolute atomic E-state index is 0.145. The third-order valence-electron chi connectivity index (χ3n) is 5.05. The van der Waals surface area contributed by atoms with Crippen molar-refractivity contribution < 1.29 is 9.90 Å². The average Bonchev–Trinajstić information content (AvgIpc) is 2.73. The van der Waals surface area contributed by atoms with Crippen molar-refractivity contribution in [2.75, 3.05) is 6.54 Å². The van der Waals surface area contributed by atoms with E-state index in [0.717, 1.165) is 56.1 Å². The maximum atomic E-state index is 11.9. The van der Waals surface area contributed by atoms with Crippen molar-refractivity contribution in [2.45, 2.75) is 84.5 Å². The molecule has 3 heteroatoms. The molecule has 166 valence electrons. The Morgan fingerprint density at radius 2 is 1.60 bits per heavy atom. The molecule has 1 aromatic carbocycles. The van der Waals surface area contributed by atoms with Crippen molar-refractivity contribution in [3.05, 3.63) is 65.8 Å². The topological polar surface area (TPSA) is 49.3 Å². The number of carbonyl (C=O) groups excluding carboxylic acids is 1. The number of nitrogens with one attached hydrogen (secondary N) is 1. The molecular formula is C27H41NO2. The van der Waals surface area contributed by atoms with Gasteiger partial charge in [-0.15, -0.1) is 0 Å². The van der Waals surface area contributed by atoms with E-state index in [0.29, 0.717) is 18.7 Å². The first-order valence-electron chi connectivity index (χ1n) is 11.6. The van der Waals surface area contributed by atoms with Crippen LogP contribution in [0.1, 0.15) is 82.3 Å². The molecule has 0 aliphatic rings. The largest absolute Gasteiger partial charge is 0.508 e. The van der Waals surface area contributed by atoms with Crippen LogP contribution in [0.3, 0.4) is 0 Å². The van der Waals surface area contributed by atoms with Gasteiger partial charge in [-0.05, 0) is 69.1 Å². The van der Waals surface area contributed by atoms with E-state index in [-0.39, 0.29) is 5.91 Å². The lowest BCUT2D eigenvalue weighted by Gasteiger charge is -2.07. The number of benzene rings is 1. The molecule has 0 spiro atoms. The van der Waals surface area contributed by atoms with Crippen molar-refractivity contribution in [1.29, 1.82) is 0 Å². The predicted molar refractivity (Wildman–Crippen MR) is 129 cm³/mol. The summed E-state index contributed by atoms with van der Waals surface area (Å²) in [6, 6.07) is 5.60. The number of rotatable bonds is 16. The van der Waals surface area contributed by atoms with E-state index < -0.39 is 0 Å². The lowest BCUT2D eigenvalue weighted by Crippen LogP contribution is -2.25. The molecule has 0 saturated heterocycles. The molecule has 1 amide bonds. The molecule has 1 rings (SSSR count). The summed E-state index contributed by atoms with van der Waals surface area (Å²) in [5, 5.41) is 12.5. The molecule has 1 aromatic rings. The number of amides is 1. The molecule has 0 aliphatic carbocycles. The van der Waals surface area contributed by atoms with Crippen LogP contribution in [0.15, 0.2) is 54.7 Å². The number of phenolic OH excluding ortho intramolecular Hbond substituents is 1. The summed E-state index contributed by atoms with van der Waals surface area (Å²) < 4.78 is 0. The number of phenols is 1. The fourth-order valence-corrected chi connectivity index (χ4v) is 3.21. The number of hydrogen-bond acceptors (Lipinski definition) is 2. The second-order valence-corrected chi connectivity index (χ2v) is 7.82. The van der Waals surface area contributed by atoms with Gasteiger partial charge in [0.2, 0.25) is 5.91 Å². The van der Waals surface area contributed by atoms with E-state index in [1.807, 2.05) is 19.1 Å². The van der Waals surface area contributed by atoms with Gasteiger partial charge in [0.1, 0.15) is 5.75 Å². The number of hydrogen-bond donors (Lipinski definition) is 2. The maximum absolute atomic E-state index is 11.9. The van der Waals surface area contributed by atoms with Crippen LogP contribution in [-0.2, 0) is 11.2 Å². The molecule has 0 bridgehead atoms. The quantitative estimate of drug-likeness (QED) is 0.228. The third kappa shape index (κ3) is 13.8. The van der Waals surface area contributed by atoms with Gasteiger partial charge in [0.15, 0.2) is 0 Å². The summed E-state index contributed by atoms with van der Waals surface area (Å²) in [6.07, 6.45) is 24.9. The number of allylic oxidation sites excluding steroid dienone is 6. The number of aromatic hydroxyl groups is 1. The van der Waals surface area contributed by atoms with Gasteiger partial charge in [-0.1, -0.05) is 74.8 Å². The lowest BCUT2D eigenvalue weighted by atomic mass is 10.1. The molecule has 3 nitrogen and oxygen atoms in total. The maximum Gasteiger partial charge on any atom is 0.220 e. The van der Waals surface area contributed by atoms with Gasteiger partial charge in [0.05, 0.1) is 0 Å². The van der Waals surface area contributed by atoms with Crippen LogP contribution in [0.5, 0.6) is 5.75 Å². The van der Waals surface area contributed by atoms with Crippen LogP contribution in [0.4, 0.5) is 0 Å². The zero-order valence-corrected chi connectivity index (χ0v) is 19.0. The molecule has 0 unspecified atom stereocenters. The van der Waals surface area contributed by atoms with Crippen molar-refractivity contribution in [3.63, 3.8) is 0 Å². The van der Waals surface area contributed by atoms with Crippen molar-refractivity contribution in [1.82, 2.24) is 5.32 Å². The van der Waals surface area contributed by atoms with Crippen LogP contribution in [0, 0.1) is 6.92 Å². The highest BCUT2D eigenvalue weighted by molar-refractivity contribution is 5.75. The van der Waals surface area contributed by atoms with E-state index in [2.05, 4.69) is 48.7 Å². The van der Waals surface area contributed by atoms with E-state index in [9.17, 15) is 9.90 Å². The van der Waals surface area contributed by atoms with Gasteiger partial charge in [0, 0.05) is 13.0 Å². The standard InChI is InChI=1S/C27H41NO2/c1-3-4-5-6-7-8-9-10-11-12-13-14-15-16-17-18-27(30)28-22-21-25-19-20-26(29)24(2)23-25/h4-5,7-8,10-11,19-20,23,29H,3,6,9,12-18,21-22H2,1-2H3,(H,28,30)/b5-4-,8-7-,11-10-. The van der Waals surface area contributed by atoms with E-state index in [1.165, 1.54) is 19.3 Å². The highest BCUT2D eigenvalue weighted by Crippen LogP contribution is 2.17. The van der Waals surface area contributed by atoms with Crippen LogP contribution in [0.2, 0.25) is 0 Å². The van der Waals surface area contributed by atoms with Crippen LogP contribution >= 0.6 is 0 Å². The molecule has 0 aromatic heterocycles. The second kappa shape index (κ2) is 17.6. The molecule has 0 saturated carbocycles. The number of carbonyl (C=O) groups is 1. The fraction of sp³-hybridized carbons (Fsp3) is 0.519. The predicted octanol–water partition coefficient (Wildman–Crippen LogP) is 6.95. The highest BCUT2D eigenvalue weighted by atomic mass is 16.3. The van der Waals surface area contributed by atoms with Gasteiger partial charge in [-0.2, -0.15) is 0 Å². The lowest BCUT2D eigenvalue weighted by molar-refractivity contribution is -0.121. The Hall–Kier alpha value is -2.29. The van der Waals surface area contributed by atoms with Crippen LogP contribution in [0.25, 0.3) is 0 Å². The zero-order chi connectivity index (χ0) is 21.9. The molecule has 0 aliphatic heterocycles. The molecular weight excluding hydrogens is 370 g/mol. The normalized spacial score (nSPS) is 11.8. The van der Waals surface area contributed by atoms with Gasteiger partial charge in [-0.3, -0.25) is 4.79 Å². The van der Waals surface area contributed by atoms with Crippen molar-refractivity contribution in [2.24, 2.45) is 0 Å². The van der Waals surface area contributed by atoms with Gasteiger partial charge < -0.3 is 10.4 Å². The first kappa shape index (κ1) is 25.7. The van der Waals surface area contributed by atoms with Gasteiger partial charge in [0.25, 0.3) is 0 Å². The molecule has 0 heterocycles. The molecule has 0 atom stereocenters. The first-order chi connectivity index (χ1) is 14.6. The summed E-state index contributed by atoms with van der Waals surface area (Å²) in [7, 11) is 0. The Kier molecular flexibility index (Phi) is 15.1. The fourth-order valence-electron chi connectivity index (χ4n) is 3.21. The Labute approximate surface area is 184 Å².